The molecule has 1 aliphatic heterocycles. The van der Waals surface area contributed by atoms with Gasteiger partial charge in [0.2, 0.25) is 0 Å². The van der Waals surface area contributed by atoms with Crippen molar-refractivity contribution in [3.63, 3.8) is 0 Å². The van der Waals surface area contributed by atoms with E-state index in [9.17, 15) is 13.2 Å². The monoisotopic (exact) mass is 335 g/mol. The van der Waals surface area contributed by atoms with Gasteiger partial charge in [-0.1, -0.05) is 12.1 Å². The molecular formula is C15H17N3O4S. The van der Waals surface area contributed by atoms with Crippen LogP contribution in [0.4, 0.5) is 0 Å². The normalized spacial score (nSPS) is 20.7. The molecule has 1 aromatic carbocycles. The number of rotatable bonds is 4. The zero-order valence-electron chi connectivity index (χ0n) is 12.5. The van der Waals surface area contributed by atoms with Crippen LogP contribution in [-0.2, 0) is 10.2 Å². The van der Waals surface area contributed by atoms with Crippen LogP contribution in [0.15, 0.2) is 24.3 Å². The summed E-state index contributed by atoms with van der Waals surface area (Å²) in [4.78, 5) is 12.7. The summed E-state index contributed by atoms with van der Waals surface area (Å²) >= 11 is 0. The number of carbonyl (C=O) groups is 1. The predicted molar refractivity (Wildman–Crippen MR) is 81.9 cm³/mol. The van der Waals surface area contributed by atoms with Gasteiger partial charge in [-0.05, 0) is 31.4 Å². The highest BCUT2D eigenvalue weighted by Crippen LogP contribution is 2.33. The zero-order chi connectivity index (χ0) is 16.4. The SMILES string of the molecule is N#CCOc1ccccc1C(=O)N1CCCN(C2CC2)S1(=O)=O. The molecular weight excluding hydrogens is 318 g/mol. The van der Waals surface area contributed by atoms with E-state index < -0.39 is 16.1 Å². The first-order chi connectivity index (χ1) is 11.1. The molecule has 2 aliphatic rings. The fraction of sp³-hybridized carbons (Fsp3) is 0.467. The summed E-state index contributed by atoms with van der Waals surface area (Å²) < 4.78 is 32.9. The Kier molecular flexibility index (Phi) is 4.24. The quantitative estimate of drug-likeness (QED) is 0.823. The van der Waals surface area contributed by atoms with Crippen molar-refractivity contribution in [1.29, 1.82) is 5.26 Å². The minimum absolute atomic E-state index is 0.0284. The Bertz CT molecular complexity index is 752. The second kappa shape index (κ2) is 6.18. The Balaban J connectivity index is 1.89. The number of hydrogen-bond acceptors (Lipinski definition) is 5. The van der Waals surface area contributed by atoms with Gasteiger partial charge in [0.05, 0.1) is 5.56 Å². The lowest BCUT2D eigenvalue weighted by Gasteiger charge is -2.34. The Morgan fingerprint density at radius 3 is 2.74 bits per heavy atom. The summed E-state index contributed by atoms with van der Waals surface area (Å²) in [6, 6.07) is 8.24. The van der Waals surface area contributed by atoms with E-state index >= 15 is 0 Å². The summed E-state index contributed by atoms with van der Waals surface area (Å²) in [5.41, 5.74) is 0.156. The molecule has 0 spiro atoms. The first-order valence-corrected chi connectivity index (χ1v) is 8.88. The number of benzene rings is 1. The minimum Gasteiger partial charge on any atom is -0.478 e. The van der Waals surface area contributed by atoms with Crippen LogP contribution < -0.4 is 4.74 Å². The summed E-state index contributed by atoms with van der Waals surface area (Å²) in [6.07, 6.45) is 2.31. The highest BCUT2D eigenvalue weighted by Gasteiger charge is 2.44. The van der Waals surface area contributed by atoms with Crippen LogP contribution in [0.1, 0.15) is 29.6 Å². The Labute approximate surface area is 135 Å². The minimum atomic E-state index is -3.79. The van der Waals surface area contributed by atoms with E-state index in [0.29, 0.717) is 13.0 Å². The van der Waals surface area contributed by atoms with Gasteiger partial charge in [-0.25, -0.2) is 4.31 Å². The smallest absolute Gasteiger partial charge is 0.306 e. The lowest BCUT2D eigenvalue weighted by Crippen LogP contribution is -2.52. The van der Waals surface area contributed by atoms with Gasteiger partial charge in [0.25, 0.3) is 5.91 Å². The molecule has 0 unspecified atom stereocenters. The van der Waals surface area contributed by atoms with Crippen molar-refractivity contribution in [3.05, 3.63) is 29.8 Å². The van der Waals surface area contributed by atoms with Crippen molar-refractivity contribution >= 4 is 16.1 Å². The molecule has 1 aromatic rings. The molecule has 0 aromatic heterocycles. The van der Waals surface area contributed by atoms with Gasteiger partial charge < -0.3 is 4.74 Å². The van der Waals surface area contributed by atoms with Crippen molar-refractivity contribution in [2.24, 2.45) is 0 Å². The molecule has 0 radical (unpaired) electrons. The van der Waals surface area contributed by atoms with Gasteiger partial charge in [-0.3, -0.25) is 4.79 Å². The van der Waals surface area contributed by atoms with Crippen LogP contribution in [0, 0.1) is 11.3 Å². The molecule has 1 saturated carbocycles. The Morgan fingerprint density at radius 1 is 1.30 bits per heavy atom. The van der Waals surface area contributed by atoms with Crippen LogP contribution >= 0.6 is 0 Å². The van der Waals surface area contributed by atoms with E-state index in [2.05, 4.69) is 0 Å². The Hall–Kier alpha value is -2.11. The average Bonchev–Trinajstić information content (AvgIpc) is 3.36. The molecule has 3 rings (SSSR count). The Morgan fingerprint density at radius 2 is 2.04 bits per heavy atom. The first-order valence-electron chi connectivity index (χ1n) is 7.48. The maximum Gasteiger partial charge on any atom is 0.306 e. The van der Waals surface area contributed by atoms with E-state index in [-0.39, 0.29) is 30.5 Å². The maximum absolute atomic E-state index is 12.7. The number of carbonyl (C=O) groups excluding carboxylic acids is 1. The van der Waals surface area contributed by atoms with Crippen molar-refractivity contribution in [3.8, 4) is 11.8 Å². The molecule has 7 nitrogen and oxygen atoms in total. The average molecular weight is 335 g/mol. The van der Waals surface area contributed by atoms with Crippen molar-refractivity contribution < 1.29 is 17.9 Å². The predicted octanol–water partition coefficient (Wildman–Crippen LogP) is 1.14. The number of para-hydroxylation sites is 1. The second-order valence-electron chi connectivity index (χ2n) is 5.52. The van der Waals surface area contributed by atoms with E-state index in [1.165, 1.54) is 10.4 Å². The van der Waals surface area contributed by atoms with Crippen LogP contribution in [-0.4, -0.2) is 48.7 Å². The molecule has 1 heterocycles. The largest absolute Gasteiger partial charge is 0.478 e. The molecule has 1 saturated heterocycles. The van der Waals surface area contributed by atoms with Gasteiger partial charge in [0.15, 0.2) is 6.61 Å². The third kappa shape index (κ3) is 3.02. The third-order valence-corrected chi connectivity index (χ3v) is 5.88. The molecule has 1 amide bonds. The van der Waals surface area contributed by atoms with Crippen LogP contribution in [0.3, 0.4) is 0 Å². The lowest BCUT2D eigenvalue weighted by atomic mass is 10.2. The molecule has 8 heteroatoms. The summed E-state index contributed by atoms with van der Waals surface area (Å²) in [6.45, 7) is 0.422. The third-order valence-electron chi connectivity index (χ3n) is 3.90. The topological polar surface area (TPSA) is 90.7 Å². The highest BCUT2D eigenvalue weighted by atomic mass is 32.2. The van der Waals surface area contributed by atoms with Crippen LogP contribution in [0.25, 0.3) is 0 Å². The maximum atomic E-state index is 12.7. The van der Waals surface area contributed by atoms with Crippen molar-refractivity contribution in [2.45, 2.75) is 25.3 Å². The van der Waals surface area contributed by atoms with Gasteiger partial charge in [0, 0.05) is 19.1 Å². The van der Waals surface area contributed by atoms with E-state index in [0.717, 1.165) is 17.1 Å². The molecule has 1 aliphatic carbocycles. The summed E-state index contributed by atoms with van der Waals surface area (Å²) in [5, 5.41) is 8.62. The van der Waals surface area contributed by atoms with Crippen molar-refractivity contribution in [1.82, 2.24) is 8.61 Å². The standard InChI is InChI=1S/C15H17N3O4S/c16-8-11-22-14-5-2-1-4-13(14)15(19)18-10-3-9-17(12-6-7-12)23(18,20)21/h1-2,4-5,12H,3,6-7,9-11H2. The zero-order valence-corrected chi connectivity index (χ0v) is 13.3. The van der Waals surface area contributed by atoms with Crippen LogP contribution in [0.2, 0.25) is 0 Å². The van der Waals surface area contributed by atoms with Gasteiger partial charge in [-0.15, -0.1) is 0 Å². The van der Waals surface area contributed by atoms with E-state index in [1.54, 1.807) is 18.2 Å². The lowest BCUT2D eigenvalue weighted by molar-refractivity contribution is 0.0833. The fourth-order valence-corrected chi connectivity index (χ4v) is 4.55. The molecule has 0 atom stereocenters. The van der Waals surface area contributed by atoms with Gasteiger partial charge >= 0.3 is 10.2 Å². The number of hydrogen-bond donors (Lipinski definition) is 0. The number of ether oxygens (including phenoxy) is 1. The van der Waals surface area contributed by atoms with E-state index in [1.807, 2.05) is 6.07 Å². The number of nitriles is 1. The number of nitrogens with zero attached hydrogens (tertiary/aromatic N) is 3. The molecule has 23 heavy (non-hydrogen) atoms. The van der Waals surface area contributed by atoms with E-state index in [4.69, 9.17) is 10.00 Å². The molecule has 0 N–H and O–H groups in total. The summed E-state index contributed by atoms with van der Waals surface area (Å²) in [5.74, 6) is -0.387. The van der Waals surface area contributed by atoms with Crippen molar-refractivity contribution in [2.75, 3.05) is 19.7 Å². The number of amides is 1. The fourth-order valence-electron chi connectivity index (χ4n) is 2.68. The van der Waals surface area contributed by atoms with Crippen LogP contribution in [0.5, 0.6) is 5.75 Å². The second-order valence-corrected chi connectivity index (χ2v) is 7.33. The highest BCUT2D eigenvalue weighted by molar-refractivity contribution is 7.87. The van der Waals surface area contributed by atoms with Gasteiger partial charge in [0.1, 0.15) is 11.8 Å². The molecule has 122 valence electrons. The molecule has 0 bridgehead atoms. The first kappa shape index (κ1) is 15.8. The molecule has 2 fully saturated rings. The van der Waals surface area contributed by atoms with Gasteiger partial charge in [-0.2, -0.15) is 18.0 Å². The summed E-state index contributed by atoms with van der Waals surface area (Å²) in [7, 11) is -3.79.